The fourth-order valence-electron chi connectivity index (χ4n) is 1.42. The smallest absolute Gasteiger partial charge is 0.220 e. The van der Waals surface area contributed by atoms with E-state index in [9.17, 15) is 4.39 Å². The molecule has 4 nitrogen and oxygen atoms in total. The molecule has 2 rings (SSSR count). The van der Waals surface area contributed by atoms with Crippen LogP contribution in [0, 0.1) is 5.82 Å². The number of anilines is 1. The molecule has 1 aromatic heterocycles. The Morgan fingerprint density at radius 2 is 2.18 bits per heavy atom. The SMILES string of the molecule is CC(Oc1cccc(F)c1)c1ccnc(N)n1. The molecule has 88 valence electrons. The van der Waals surface area contributed by atoms with Gasteiger partial charge in [0.25, 0.3) is 0 Å². The van der Waals surface area contributed by atoms with Crippen LogP contribution in [0.3, 0.4) is 0 Å². The number of nitrogen functional groups attached to an aromatic ring is 1. The summed E-state index contributed by atoms with van der Waals surface area (Å²) in [5, 5.41) is 0. The van der Waals surface area contributed by atoms with Crippen molar-refractivity contribution < 1.29 is 9.13 Å². The van der Waals surface area contributed by atoms with Crippen LogP contribution >= 0.6 is 0 Å². The van der Waals surface area contributed by atoms with E-state index in [1.54, 1.807) is 24.4 Å². The number of benzene rings is 1. The average Bonchev–Trinajstić information content (AvgIpc) is 2.29. The maximum atomic E-state index is 13.0. The molecule has 0 aliphatic rings. The van der Waals surface area contributed by atoms with Crippen molar-refractivity contribution >= 4 is 5.95 Å². The van der Waals surface area contributed by atoms with E-state index < -0.39 is 0 Å². The van der Waals surface area contributed by atoms with Crippen molar-refractivity contribution in [2.45, 2.75) is 13.0 Å². The van der Waals surface area contributed by atoms with E-state index in [-0.39, 0.29) is 17.9 Å². The maximum absolute atomic E-state index is 13.0. The first-order valence-corrected chi connectivity index (χ1v) is 5.16. The van der Waals surface area contributed by atoms with Crippen molar-refractivity contribution in [1.82, 2.24) is 9.97 Å². The third-order valence-electron chi connectivity index (χ3n) is 2.22. The number of rotatable bonds is 3. The highest BCUT2D eigenvalue weighted by molar-refractivity contribution is 5.24. The predicted molar refractivity (Wildman–Crippen MR) is 61.9 cm³/mol. The second-order valence-corrected chi connectivity index (χ2v) is 3.56. The number of nitrogens with two attached hydrogens (primary N) is 1. The summed E-state index contributed by atoms with van der Waals surface area (Å²) in [6.45, 7) is 1.81. The van der Waals surface area contributed by atoms with Crippen LogP contribution in [-0.2, 0) is 0 Å². The van der Waals surface area contributed by atoms with Gasteiger partial charge in [0.05, 0.1) is 5.69 Å². The van der Waals surface area contributed by atoms with Gasteiger partial charge in [-0.25, -0.2) is 14.4 Å². The van der Waals surface area contributed by atoms with Gasteiger partial charge < -0.3 is 10.5 Å². The summed E-state index contributed by atoms with van der Waals surface area (Å²) >= 11 is 0. The lowest BCUT2D eigenvalue weighted by Gasteiger charge is -2.14. The quantitative estimate of drug-likeness (QED) is 0.883. The lowest BCUT2D eigenvalue weighted by molar-refractivity contribution is 0.221. The van der Waals surface area contributed by atoms with Crippen LogP contribution in [0.5, 0.6) is 5.75 Å². The van der Waals surface area contributed by atoms with Crippen LogP contribution in [0.1, 0.15) is 18.7 Å². The van der Waals surface area contributed by atoms with Crippen LogP contribution in [0.25, 0.3) is 0 Å². The largest absolute Gasteiger partial charge is 0.484 e. The van der Waals surface area contributed by atoms with E-state index in [2.05, 4.69) is 9.97 Å². The standard InChI is InChI=1S/C12H12FN3O/c1-8(11-5-6-15-12(14)16-11)17-10-4-2-3-9(13)7-10/h2-8H,1H3,(H2,14,15,16). The van der Waals surface area contributed by atoms with E-state index >= 15 is 0 Å². The zero-order valence-corrected chi connectivity index (χ0v) is 9.30. The molecule has 0 fully saturated rings. The molecule has 0 radical (unpaired) electrons. The number of hydrogen-bond donors (Lipinski definition) is 1. The molecule has 0 aliphatic heterocycles. The van der Waals surface area contributed by atoms with E-state index in [1.165, 1.54) is 12.1 Å². The van der Waals surface area contributed by atoms with Crippen molar-refractivity contribution in [3.8, 4) is 5.75 Å². The normalized spacial score (nSPS) is 12.1. The fourth-order valence-corrected chi connectivity index (χ4v) is 1.42. The van der Waals surface area contributed by atoms with Crippen molar-refractivity contribution in [2.24, 2.45) is 0 Å². The second kappa shape index (κ2) is 4.78. The highest BCUT2D eigenvalue weighted by atomic mass is 19.1. The Bertz CT molecular complexity index is 519. The Kier molecular flexibility index (Phi) is 3.18. The zero-order chi connectivity index (χ0) is 12.3. The Labute approximate surface area is 98.3 Å². The minimum absolute atomic E-state index is 0.192. The van der Waals surface area contributed by atoms with Gasteiger partial charge in [-0.05, 0) is 25.1 Å². The molecule has 2 aromatic rings. The number of ether oxygens (including phenoxy) is 1. The van der Waals surface area contributed by atoms with E-state index in [1.807, 2.05) is 6.92 Å². The summed E-state index contributed by atoms with van der Waals surface area (Å²) in [5.41, 5.74) is 6.13. The van der Waals surface area contributed by atoms with Crippen molar-refractivity contribution in [3.63, 3.8) is 0 Å². The third kappa shape index (κ3) is 2.90. The van der Waals surface area contributed by atoms with Crippen molar-refractivity contribution in [2.75, 3.05) is 5.73 Å². The molecule has 1 atom stereocenters. The molecule has 2 N–H and O–H groups in total. The molecule has 0 saturated heterocycles. The van der Waals surface area contributed by atoms with Gasteiger partial charge in [-0.2, -0.15) is 0 Å². The Morgan fingerprint density at radius 3 is 2.88 bits per heavy atom. The minimum atomic E-state index is -0.336. The topological polar surface area (TPSA) is 61.0 Å². The van der Waals surface area contributed by atoms with Gasteiger partial charge in [0, 0.05) is 12.3 Å². The van der Waals surface area contributed by atoms with Gasteiger partial charge in [-0.15, -0.1) is 0 Å². The molecule has 17 heavy (non-hydrogen) atoms. The van der Waals surface area contributed by atoms with Gasteiger partial charge >= 0.3 is 0 Å². The van der Waals surface area contributed by atoms with Gasteiger partial charge in [-0.1, -0.05) is 6.07 Å². The Balaban J connectivity index is 2.14. The Morgan fingerprint density at radius 1 is 1.35 bits per heavy atom. The molecular weight excluding hydrogens is 221 g/mol. The summed E-state index contributed by atoms with van der Waals surface area (Å²) in [7, 11) is 0. The molecule has 1 heterocycles. The highest BCUT2D eigenvalue weighted by Crippen LogP contribution is 2.20. The first-order valence-electron chi connectivity index (χ1n) is 5.16. The summed E-state index contributed by atoms with van der Waals surface area (Å²) in [6, 6.07) is 7.66. The highest BCUT2D eigenvalue weighted by Gasteiger charge is 2.09. The Hall–Kier alpha value is -2.17. The molecule has 0 bridgehead atoms. The number of nitrogens with zero attached hydrogens (tertiary/aromatic N) is 2. The van der Waals surface area contributed by atoms with Crippen molar-refractivity contribution in [3.05, 3.63) is 48.0 Å². The molecular formula is C12H12FN3O. The van der Waals surface area contributed by atoms with Gasteiger partial charge in [-0.3, -0.25) is 0 Å². The van der Waals surface area contributed by atoms with Crippen LogP contribution < -0.4 is 10.5 Å². The number of hydrogen-bond acceptors (Lipinski definition) is 4. The molecule has 1 aromatic carbocycles. The second-order valence-electron chi connectivity index (χ2n) is 3.56. The summed E-state index contributed by atoms with van der Waals surface area (Å²) in [5.74, 6) is 0.309. The number of aromatic nitrogens is 2. The average molecular weight is 233 g/mol. The minimum Gasteiger partial charge on any atom is -0.484 e. The molecule has 5 heteroatoms. The molecule has 0 aliphatic carbocycles. The van der Waals surface area contributed by atoms with E-state index in [4.69, 9.17) is 10.5 Å². The predicted octanol–water partition coefficient (Wildman–Crippen LogP) is 2.34. The third-order valence-corrected chi connectivity index (χ3v) is 2.22. The monoisotopic (exact) mass is 233 g/mol. The summed E-state index contributed by atoms with van der Waals surface area (Å²) < 4.78 is 18.5. The first kappa shape index (κ1) is 11.3. The maximum Gasteiger partial charge on any atom is 0.220 e. The molecule has 0 amide bonds. The van der Waals surface area contributed by atoms with Crippen LogP contribution in [0.15, 0.2) is 36.5 Å². The fraction of sp³-hybridized carbons (Fsp3) is 0.167. The zero-order valence-electron chi connectivity index (χ0n) is 9.30. The van der Waals surface area contributed by atoms with Crippen LogP contribution in [-0.4, -0.2) is 9.97 Å². The lowest BCUT2D eigenvalue weighted by Crippen LogP contribution is -2.07. The summed E-state index contributed by atoms with van der Waals surface area (Å²) in [6.07, 6.45) is 1.24. The van der Waals surface area contributed by atoms with Gasteiger partial charge in [0.15, 0.2) is 0 Å². The van der Waals surface area contributed by atoms with E-state index in [0.717, 1.165) is 0 Å². The molecule has 1 unspecified atom stereocenters. The van der Waals surface area contributed by atoms with Crippen LogP contribution in [0.2, 0.25) is 0 Å². The van der Waals surface area contributed by atoms with Crippen molar-refractivity contribution in [1.29, 1.82) is 0 Å². The first-order chi connectivity index (χ1) is 8.15. The summed E-state index contributed by atoms with van der Waals surface area (Å²) in [4.78, 5) is 7.83. The number of halogens is 1. The molecule has 0 spiro atoms. The lowest BCUT2D eigenvalue weighted by atomic mass is 10.2. The van der Waals surface area contributed by atoms with Crippen LogP contribution in [0.4, 0.5) is 10.3 Å². The van der Waals surface area contributed by atoms with Gasteiger partial charge in [0.2, 0.25) is 5.95 Å². The molecule has 0 saturated carbocycles. The van der Waals surface area contributed by atoms with E-state index in [0.29, 0.717) is 11.4 Å². The van der Waals surface area contributed by atoms with Gasteiger partial charge in [0.1, 0.15) is 17.7 Å².